The highest BCUT2D eigenvalue weighted by Gasteiger charge is 2.30. The molecular weight excluding hydrogens is 334 g/mol. The Morgan fingerprint density at radius 2 is 1.88 bits per heavy atom. The highest BCUT2D eigenvalue weighted by Crippen LogP contribution is 2.19. The number of ether oxygens (including phenoxy) is 3. The molecule has 1 heterocycles. The molecule has 0 saturated carbocycles. The molecule has 2 rings (SSSR count). The number of carbonyl (C=O) groups excluding carboxylic acids is 2. The second kappa shape index (κ2) is 9.03. The topological polar surface area (TPSA) is 65.1 Å². The molecule has 0 aromatic heterocycles. The van der Waals surface area contributed by atoms with E-state index in [0.29, 0.717) is 13.1 Å². The van der Waals surface area contributed by atoms with Gasteiger partial charge in [0, 0.05) is 13.1 Å². The van der Waals surface area contributed by atoms with Crippen molar-refractivity contribution in [3.63, 3.8) is 0 Å². The number of esters is 1. The van der Waals surface area contributed by atoms with Gasteiger partial charge in [-0.2, -0.15) is 0 Å². The van der Waals surface area contributed by atoms with E-state index in [-0.39, 0.29) is 31.1 Å². The van der Waals surface area contributed by atoms with Gasteiger partial charge in [-0.1, -0.05) is 12.1 Å². The van der Waals surface area contributed by atoms with Gasteiger partial charge in [0.05, 0.1) is 25.2 Å². The molecule has 1 aliphatic heterocycles. The zero-order chi connectivity index (χ0) is 19.3. The number of benzene rings is 1. The van der Waals surface area contributed by atoms with Crippen LogP contribution >= 0.6 is 0 Å². The molecule has 1 saturated heterocycles. The highest BCUT2D eigenvalue weighted by molar-refractivity contribution is 5.83. The fourth-order valence-corrected chi connectivity index (χ4v) is 3.03. The lowest BCUT2D eigenvalue weighted by atomic mass is 10.1. The average molecular weight is 363 g/mol. The Labute approximate surface area is 155 Å². The second-order valence-corrected chi connectivity index (χ2v) is 7.00. The summed E-state index contributed by atoms with van der Waals surface area (Å²) in [7, 11) is 0. The van der Waals surface area contributed by atoms with Gasteiger partial charge in [-0.15, -0.1) is 0 Å². The lowest BCUT2D eigenvalue weighted by molar-refractivity contribution is -0.164. The first-order valence-electron chi connectivity index (χ1n) is 9.10. The first kappa shape index (κ1) is 20.2. The third-order valence-corrected chi connectivity index (χ3v) is 4.29. The largest absolute Gasteiger partial charge is 0.493 e. The van der Waals surface area contributed by atoms with Crippen LogP contribution in [0.1, 0.15) is 38.3 Å². The minimum Gasteiger partial charge on any atom is -0.493 e. The average Bonchev–Trinajstić information content (AvgIpc) is 2.56. The Hall–Kier alpha value is -2.08. The van der Waals surface area contributed by atoms with E-state index in [4.69, 9.17) is 14.2 Å². The molecule has 1 aromatic rings. The Bertz CT molecular complexity index is 635. The van der Waals surface area contributed by atoms with Crippen LogP contribution in [0.25, 0.3) is 0 Å². The van der Waals surface area contributed by atoms with Gasteiger partial charge < -0.3 is 19.1 Å². The summed E-state index contributed by atoms with van der Waals surface area (Å²) in [6.45, 7) is 10.7. The third-order valence-electron chi connectivity index (χ3n) is 4.29. The van der Waals surface area contributed by atoms with Gasteiger partial charge in [-0.05, 0) is 51.8 Å². The lowest BCUT2D eigenvalue weighted by Gasteiger charge is -2.36. The predicted molar refractivity (Wildman–Crippen MR) is 98.2 cm³/mol. The SMILES string of the molecule is Cc1ccc(C)c(OCCC(=O)OC(C)C(=O)N2CC(C)OC(C)C2)c1. The Morgan fingerprint density at radius 3 is 2.54 bits per heavy atom. The van der Waals surface area contributed by atoms with Crippen LogP contribution in [0.4, 0.5) is 0 Å². The van der Waals surface area contributed by atoms with Crippen molar-refractivity contribution in [3.05, 3.63) is 29.3 Å². The van der Waals surface area contributed by atoms with Crippen molar-refractivity contribution < 1.29 is 23.8 Å². The van der Waals surface area contributed by atoms with Crippen LogP contribution in [0.5, 0.6) is 5.75 Å². The number of nitrogens with zero attached hydrogens (tertiary/aromatic N) is 1. The van der Waals surface area contributed by atoms with Crippen molar-refractivity contribution >= 4 is 11.9 Å². The van der Waals surface area contributed by atoms with E-state index in [1.54, 1.807) is 11.8 Å². The van der Waals surface area contributed by atoms with Gasteiger partial charge in [-0.3, -0.25) is 9.59 Å². The minimum absolute atomic E-state index is 0.0171. The molecule has 26 heavy (non-hydrogen) atoms. The normalized spacial score (nSPS) is 21.2. The first-order valence-corrected chi connectivity index (χ1v) is 9.10. The summed E-state index contributed by atoms with van der Waals surface area (Å²) in [5.74, 6) is 0.138. The van der Waals surface area contributed by atoms with Crippen molar-refractivity contribution in [1.82, 2.24) is 4.90 Å². The van der Waals surface area contributed by atoms with Gasteiger partial charge >= 0.3 is 5.97 Å². The zero-order valence-corrected chi connectivity index (χ0v) is 16.3. The lowest BCUT2D eigenvalue weighted by Crippen LogP contribution is -2.51. The second-order valence-electron chi connectivity index (χ2n) is 7.00. The summed E-state index contributed by atoms with van der Waals surface area (Å²) in [4.78, 5) is 26.2. The van der Waals surface area contributed by atoms with Crippen molar-refractivity contribution in [2.75, 3.05) is 19.7 Å². The zero-order valence-electron chi connectivity index (χ0n) is 16.3. The standard InChI is InChI=1S/C20H29NO5/c1-13-6-7-14(2)18(10-13)24-9-8-19(22)26-17(5)20(23)21-11-15(3)25-16(4)12-21/h6-7,10,15-17H,8-9,11-12H2,1-5H3. The van der Waals surface area contributed by atoms with E-state index in [1.807, 2.05) is 45.9 Å². The molecule has 6 heteroatoms. The van der Waals surface area contributed by atoms with Crippen molar-refractivity contribution in [3.8, 4) is 5.75 Å². The summed E-state index contributed by atoms with van der Waals surface area (Å²) < 4.78 is 16.6. The molecule has 0 aliphatic carbocycles. The Balaban J connectivity index is 1.77. The van der Waals surface area contributed by atoms with Gasteiger partial charge in [0.1, 0.15) is 5.75 Å². The number of rotatable bonds is 6. The monoisotopic (exact) mass is 363 g/mol. The maximum Gasteiger partial charge on any atom is 0.310 e. The molecule has 0 radical (unpaired) electrons. The molecule has 144 valence electrons. The van der Waals surface area contributed by atoms with Gasteiger partial charge in [0.15, 0.2) is 6.10 Å². The Morgan fingerprint density at radius 1 is 1.23 bits per heavy atom. The third kappa shape index (κ3) is 5.73. The van der Waals surface area contributed by atoms with Gasteiger partial charge in [0.25, 0.3) is 5.91 Å². The van der Waals surface area contributed by atoms with E-state index in [1.165, 1.54) is 0 Å². The van der Waals surface area contributed by atoms with E-state index in [0.717, 1.165) is 16.9 Å². The van der Waals surface area contributed by atoms with Crippen molar-refractivity contribution in [2.24, 2.45) is 0 Å². The molecule has 6 nitrogen and oxygen atoms in total. The maximum absolute atomic E-state index is 12.5. The fourth-order valence-electron chi connectivity index (χ4n) is 3.03. The summed E-state index contributed by atoms with van der Waals surface area (Å²) in [5.41, 5.74) is 2.12. The molecule has 3 atom stereocenters. The van der Waals surface area contributed by atoms with Crippen LogP contribution in [0.2, 0.25) is 0 Å². The van der Waals surface area contributed by atoms with Crippen LogP contribution in [0.3, 0.4) is 0 Å². The van der Waals surface area contributed by atoms with E-state index >= 15 is 0 Å². The van der Waals surface area contributed by atoms with E-state index < -0.39 is 12.1 Å². The smallest absolute Gasteiger partial charge is 0.310 e. The number of aryl methyl sites for hydroxylation is 2. The van der Waals surface area contributed by atoms with Crippen LogP contribution in [0.15, 0.2) is 18.2 Å². The fraction of sp³-hybridized carbons (Fsp3) is 0.600. The quantitative estimate of drug-likeness (QED) is 0.727. The highest BCUT2D eigenvalue weighted by atomic mass is 16.6. The molecular formula is C20H29NO5. The number of carbonyl (C=O) groups is 2. The summed E-state index contributed by atoms with van der Waals surface area (Å²) >= 11 is 0. The summed E-state index contributed by atoms with van der Waals surface area (Å²) in [6.07, 6.45) is -0.741. The predicted octanol–water partition coefficient (Wildman–Crippen LogP) is 2.64. The summed E-state index contributed by atoms with van der Waals surface area (Å²) in [5, 5.41) is 0. The molecule has 1 aliphatic rings. The van der Waals surface area contributed by atoms with Crippen molar-refractivity contribution in [2.45, 2.75) is 59.4 Å². The molecule has 1 fully saturated rings. The van der Waals surface area contributed by atoms with Crippen LogP contribution in [-0.2, 0) is 19.1 Å². The van der Waals surface area contributed by atoms with Gasteiger partial charge in [-0.25, -0.2) is 0 Å². The molecule has 1 aromatic carbocycles. The maximum atomic E-state index is 12.5. The number of amides is 1. The van der Waals surface area contributed by atoms with Crippen LogP contribution in [-0.4, -0.2) is 54.8 Å². The number of morpholine rings is 1. The molecule has 0 bridgehead atoms. The van der Waals surface area contributed by atoms with Crippen molar-refractivity contribution in [1.29, 1.82) is 0 Å². The van der Waals surface area contributed by atoms with Crippen LogP contribution < -0.4 is 4.74 Å². The Kier molecular flexibility index (Phi) is 7.03. The number of hydrogen-bond acceptors (Lipinski definition) is 5. The van der Waals surface area contributed by atoms with E-state index in [2.05, 4.69) is 0 Å². The minimum atomic E-state index is -0.805. The van der Waals surface area contributed by atoms with Crippen LogP contribution in [0, 0.1) is 13.8 Å². The number of hydrogen-bond donors (Lipinski definition) is 0. The van der Waals surface area contributed by atoms with E-state index in [9.17, 15) is 9.59 Å². The van der Waals surface area contributed by atoms with Gasteiger partial charge in [0.2, 0.25) is 0 Å². The first-order chi connectivity index (χ1) is 12.3. The molecule has 3 unspecified atom stereocenters. The molecule has 0 N–H and O–H groups in total. The molecule has 1 amide bonds. The summed E-state index contributed by atoms with van der Waals surface area (Å²) in [6, 6.07) is 5.93. The molecule has 0 spiro atoms.